The van der Waals surface area contributed by atoms with Crippen LogP contribution in [-0.4, -0.2) is 48.8 Å². The van der Waals surface area contributed by atoms with Crippen molar-refractivity contribution in [2.24, 2.45) is 0 Å². The Morgan fingerprint density at radius 3 is 2.91 bits per heavy atom. The third kappa shape index (κ3) is 2.43. The van der Waals surface area contributed by atoms with Crippen molar-refractivity contribution in [1.82, 2.24) is 10.2 Å². The predicted molar refractivity (Wildman–Crippen MR) is 45.6 cm³/mol. The van der Waals surface area contributed by atoms with Gasteiger partial charge in [0.25, 0.3) is 0 Å². The number of hydrogen-bond donors (Lipinski definition) is 2. The number of aliphatic hydroxyl groups excluding tert-OH is 1. The SMILES string of the molecule is CC1CN(C)C(CCO)CN1. The van der Waals surface area contributed by atoms with Gasteiger partial charge < -0.3 is 15.3 Å². The van der Waals surface area contributed by atoms with E-state index in [2.05, 4.69) is 24.2 Å². The van der Waals surface area contributed by atoms with Crippen molar-refractivity contribution in [2.75, 3.05) is 26.7 Å². The molecule has 2 atom stereocenters. The van der Waals surface area contributed by atoms with E-state index in [9.17, 15) is 0 Å². The highest BCUT2D eigenvalue weighted by molar-refractivity contribution is 4.81. The summed E-state index contributed by atoms with van der Waals surface area (Å²) < 4.78 is 0. The Morgan fingerprint density at radius 1 is 1.64 bits per heavy atom. The Bertz CT molecular complexity index is 119. The van der Waals surface area contributed by atoms with Gasteiger partial charge in [-0.25, -0.2) is 0 Å². The van der Waals surface area contributed by atoms with Crippen LogP contribution < -0.4 is 5.32 Å². The van der Waals surface area contributed by atoms with Crippen LogP contribution in [0.2, 0.25) is 0 Å². The van der Waals surface area contributed by atoms with Crippen LogP contribution in [0.5, 0.6) is 0 Å². The van der Waals surface area contributed by atoms with Gasteiger partial charge in [-0.05, 0) is 20.4 Å². The molecule has 3 nitrogen and oxygen atoms in total. The zero-order valence-electron chi connectivity index (χ0n) is 7.38. The van der Waals surface area contributed by atoms with Crippen molar-refractivity contribution >= 4 is 0 Å². The topological polar surface area (TPSA) is 35.5 Å². The average molecular weight is 158 g/mol. The lowest BCUT2D eigenvalue weighted by Crippen LogP contribution is -2.53. The third-order valence-corrected chi connectivity index (χ3v) is 2.35. The molecule has 0 bridgehead atoms. The van der Waals surface area contributed by atoms with Crippen molar-refractivity contribution < 1.29 is 5.11 Å². The Morgan fingerprint density at radius 2 is 2.36 bits per heavy atom. The summed E-state index contributed by atoms with van der Waals surface area (Å²) in [5.41, 5.74) is 0. The van der Waals surface area contributed by atoms with Crippen molar-refractivity contribution in [3.05, 3.63) is 0 Å². The van der Waals surface area contributed by atoms with E-state index in [1.165, 1.54) is 0 Å². The molecule has 2 N–H and O–H groups in total. The number of rotatable bonds is 2. The highest BCUT2D eigenvalue weighted by Gasteiger charge is 2.21. The number of hydrogen-bond acceptors (Lipinski definition) is 3. The fourth-order valence-corrected chi connectivity index (χ4v) is 1.61. The molecule has 11 heavy (non-hydrogen) atoms. The van der Waals surface area contributed by atoms with Crippen LogP contribution in [0.3, 0.4) is 0 Å². The summed E-state index contributed by atoms with van der Waals surface area (Å²) >= 11 is 0. The van der Waals surface area contributed by atoms with E-state index < -0.39 is 0 Å². The molecule has 1 aliphatic rings. The van der Waals surface area contributed by atoms with Gasteiger partial charge in [0.15, 0.2) is 0 Å². The van der Waals surface area contributed by atoms with Crippen molar-refractivity contribution in [3.8, 4) is 0 Å². The molecule has 1 fully saturated rings. The molecule has 1 rings (SSSR count). The molecule has 2 unspecified atom stereocenters. The summed E-state index contributed by atoms with van der Waals surface area (Å²) in [4.78, 5) is 2.32. The molecular weight excluding hydrogens is 140 g/mol. The molecule has 0 spiro atoms. The molecule has 0 saturated carbocycles. The van der Waals surface area contributed by atoms with Gasteiger partial charge in [-0.1, -0.05) is 0 Å². The molecule has 0 aromatic carbocycles. The Kier molecular flexibility index (Phi) is 3.30. The molecule has 1 saturated heterocycles. The molecular formula is C8H18N2O. The molecule has 0 aromatic rings. The zero-order valence-corrected chi connectivity index (χ0v) is 7.38. The van der Waals surface area contributed by atoms with Crippen molar-refractivity contribution in [3.63, 3.8) is 0 Å². The Balaban J connectivity index is 2.31. The predicted octanol–water partition coefficient (Wildman–Crippen LogP) is -0.339. The van der Waals surface area contributed by atoms with E-state index in [0.29, 0.717) is 18.7 Å². The minimum atomic E-state index is 0.297. The van der Waals surface area contributed by atoms with E-state index in [1.807, 2.05) is 0 Å². The number of aliphatic hydroxyl groups is 1. The Labute approximate surface area is 68.4 Å². The van der Waals surface area contributed by atoms with E-state index in [0.717, 1.165) is 19.5 Å². The summed E-state index contributed by atoms with van der Waals surface area (Å²) in [5, 5.41) is 12.1. The minimum absolute atomic E-state index is 0.297. The van der Waals surface area contributed by atoms with Gasteiger partial charge in [0, 0.05) is 31.8 Å². The first-order chi connectivity index (χ1) is 5.24. The molecule has 0 aromatic heterocycles. The first-order valence-corrected chi connectivity index (χ1v) is 4.28. The average Bonchev–Trinajstić information content (AvgIpc) is 1.95. The summed E-state index contributed by atoms with van der Waals surface area (Å²) in [5.74, 6) is 0. The molecule has 3 heteroatoms. The van der Waals surface area contributed by atoms with Crippen LogP contribution in [0.15, 0.2) is 0 Å². The maximum Gasteiger partial charge on any atom is 0.0446 e. The first kappa shape index (κ1) is 8.97. The summed E-state index contributed by atoms with van der Waals surface area (Å²) in [6.45, 7) is 4.58. The molecule has 1 heterocycles. The second-order valence-corrected chi connectivity index (χ2v) is 3.41. The second-order valence-electron chi connectivity index (χ2n) is 3.41. The van der Waals surface area contributed by atoms with Gasteiger partial charge in [0.2, 0.25) is 0 Å². The zero-order chi connectivity index (χ0) is 8.27. The summed E-state index contributed by atoms with van der Waals surface area (Å²) in [7, 11) is 2.12. The van der Waals surface area contributed by atoms with Gasteiger partial charge in [-0.2, -0.15) is 0 Å². The van der Waals surface area contributed by atoms with Crippen LogP contribution in [0.25, 0.3) is 0 Å². The van der Waals surface area contributed by atoms with Crippen LogP contribution in [0.4, 0.5) is 0 Å². The largest absolute Gasteiger partial charge is 0.396 e. The van der Waals surface area contributed by atoms with E-state index in [4.69, 9.17) is 5.11 Å². The fraction of sp³-hybridized carbons (Fsp3) is 1.00. The fourth-order valence-electron chi connectivity index (χ4n) is 1.61. The number of nitrogens with zero attached hydrogens (tertiary/aromatic N) is 1. The van der Waals surface area contributed by atoms with Crippen LogP contribution in [-0.2, 0) is 0 Å². The Hall–Kier alpha value is -0.120. The second kappa shape index (κ2) is 4.04. The lowest BCUT2D eigenvalue weighted by molar-refractivity contribution is 0.137. The maximum atomic E-state index is 8.75. The lowest BCUT2D eigenvalue weighted by Gasteiger charge is -2.36. The van der Waals surface area contributed by atoms with Crippen LogP contribution in [0.1, 0.15) is 13.3 Å². The number of piperazine rings is 1. The number of likely N-dealkylation sites (N-methyl/N-ethyl adjacent to an activating group) is 1. The van der Waals surface area contributed by atoms with Gasteiger partial charge in [0.05, 0.1) is 0 Å². The quantitative estimate of drug-likeness (QED) is 0.577. The van der Waals surface area contributed by atoms with Gasteiger partial charge in [-0.15, -0.1) is 0 Å². The lowest BCUT2D eigenvalue weighted by atomic mass is 10.1. The maximum absolute atomic E-state index is 8.75. The molecule has 1 aliphatic heterocycles. The normalized spacial score (nSPS) is 34.1. The minimum Gasteiger partial charge on any atom is -0.396 e. The summed E-state index contributed by atoms with van der Waals surface area (Å²) in [6.07, 6.45) is 0.885. The number of nitrogens with one attached hydrogen (secondary N) is 1. The van der Waals surface area contributed by atoms with Crippen molar-refractivity contribution in [1.29, 1.82) is 0 Å². The van der Waals surface area contributed by atoms with Crippen molar-refractivity contribution in [2.45, 2.75) is 25.4 Å². The third-order valence-electron chi connectivity index (χ3n) is 2.35. The highest BCUT2D eigenvalue weighted by atomic mass is 16.3. The summed E-state index contributed by atoms with van der Waals surface area (Å²) in [6, 6.07) is 1.12. The van der Waals surface area contributed by atoms with E-state index >= 15 is 0 Å². The van der Waals surface area contributed by atoms with Gasteiger partial charge in [-0.3, -0.25) is 0 Å². The smallest absolute Gasteiger partial charge is 0.0446 e. The monoisotopic (exact) mass is 158 g/mol. The standard InChI is InChI=1S/C8H18N2O/c1-7-6-10(2)8(3-4-11)5-9-7/h7-9,11H,3-6H2,1-2H3. The molecule has 0 aliphatic carbocycles. The van der Waals surface area contributed by atoms with E-state index in [1.54, 1.807) is 0 Å². The molecule has 66 valence electrons. The van der Waals surface area contributed by atoms with Gasteiger partial charge >= 0.3 is 0 Å². The molecule has 0 radical (unpaired) electrons. The van der Waals surface area contributed by atoms with E-state index in [-0.39, 0.29) is 0 Å². The van der Waals surface area contributed by atoms with Gasteiger partial charge in [0.1, 0.15) is 0 Å². The van der Waals surface area contributed by atoms with Crippen LogP contribution >= 0.6 is 0 Å². The molecule has 0 amide bonds. The van der Waals surface area contributed by atoms with Crippen LogP contribution in [0, 0.1) is 0 Å². The first-order valence-electron chi connectivity index (χ1n) is 4.28. The highest BCUT2D eigenvalue weighted by Crippen LogP contribution is 2.06.